The van der Waals surface area contributed by atoms with Crippen LogP contribution >= 0.6 is 15.9 Å². The maximum atomic E-state index is 12.2. The van der Waals surface area contributed by atoms with E-state index < -0.39 is 0 Å². The van der Waals surface area contributed by atoms with Crippen LogP contribution in [-0.4, -0.2) is 39.8 Å². The highest BCUT2D eigenvalue weighted by Crippen LogP contribution is 2.19. The first-order valence-corrected chi connectivity index (χ1v) is 8.91. The van der Waals surface area contributed by atoms with Crippen molar-refractivity contribution in [2.75, 3.05) is 39.2 Å². The number of benzene rings is 2. The van der Waals surface area contributed by atoms with E-state index in [2.05, 4.69) is 21.2 Å². The Morgan fingerprint density at radius 3 is 2.48 bits per heavy atom. The number of carbonyl (C=O) groups is 1. The number of aryl methyl sites for hydroxylation is 1. The Kier molecular flexibility index (Phi) is 7.28. The van der Waals surface area contributed by atoms with Crippen LogP contribution < -0.4 is 19.7 Å². The van der Waals surface area contributed by atoms with Gasteiger partial charge in [0, 0.05) is 10.2 Å². The number of nitrogens with one attached hydrogen (secondary N) is 2. The van der Waals surface area contributed by atoms with Crippen molar-refractivity contribution in [3.63, 3.8) is 0 Å². The normalized spacial score (nSPS) is 11.7. The molecule has 2 N–H and O–H groups in total. The van der Waals surface area contributed by atoms with Crippen LogP contribution in [0.2, 0.25) is 0 Å². The standard InChI is InChI=1S/C19H23BrN2O3/c1-14-12-15(20)4-9-18(14)21-19(23)13-22(2)10-11-25-17-7-5-16(24-3)6-8-17/h4-9,12H,10-11,13H2,1-3H3,(H,21,23)/p+1. The summed E-state index contributed by atoms with van der Waals surface area (Å²) in [5.74, 6) is 1.59. The molecule has 0 aliphatic rings. The number of anilines is 1. The number of carbonyl (C=O) groups excluding carboxylic acids is 1. The van der Waals surface area contributed by atoms with Crippen molar-refractivity contribution in [1.82, 2.24) is 0 Å². The SMILES string of the molecule is COc1ccc(OCC[NH+](C)CC(=O)Nc2ccc(Br)cc2C)cc1. The molecule has 0 saturated heterocycles. The molecule has 2 rings (SSSR count). The highest BCUT2D eigenvalue weighted by molar-refractivity contribution is 9.10. The molecule has 0 aromatic heterocycles. The summed E-state index contributed by atoms with van der Waals surface area (Å²) in [6.07, 6.45) is 0. The van der Waals surface area contributed by atoms with E-state index in [1.165, 1.54) is 0 Å². The first kappa shape index (κ1) is 19.3. The van der Waals surface area contributed by atoms with Crippen LogP contribution in [-0.2, 0) is 4.79 Å². The van der Waals surface area contributed by atoms with Gasteiger partial charge < -0.3 is 19.7 Å². The number of halogens is 1. The smallest absolute Gasteiger partial charge is 0.279 e. The lowest BCUT2D eigenvalue weighted by Gasteiger charge is -2.15. The molecular weight excluding hydrogens is 384 g/mol. The fraction of sp³-hybridized carbons (Fsp3) is 0.316. The fourth-order valence-electron chi connectivity index (χ4n) is 2.34. The highest BCUT2D eigenvalue weighted by Gasteiger charge is 2.11. The van der Waals surface area contributed by atoms with Crippen molar-refractivity contribution in [1.29, 1.82) is 0 Å². The highest BCUT2D eigenvalue weighted by atomic mass is 79.9. The van der Waals surface area contributed by atoms with Gasteiger partial charge in [0.2, 0.25) is 0 Å². The molecular formula is C19H24BrN2O3+. The van der Waals surface area contributed by atoms with Crippen molar-refractivity contribution in [3.8, 4) is 11.5 Å². The average Bonchev–Trinajstić information content (AvgIpc) is 2.58. The lowest BCUT2D eigenvalue weighted by atomic mass is 10.2. The minimum atomic E-state index is -0.00706. The van der Waals surface area contributed by atoms with E-state index in [4.69, 9.17) is 9.47 Å². The molecule has 0 fully saturated rings. The monoisotopic (exact) mass is 407 g/mol. The first-order chi connectivity index (χ1) is 12.0. The van der Waals surface area contributed by atoms with Gasteiger partial charge in [0.1, 0.15) is 24.7 Å². The van der Waals surface area contributed by atoms with Crippen molar-refractivity contribution in [2.45, 2.75) is 6.92 Å². The van der Waals surface area contributed by atoms with Crippen molar-refractivity contribution < 1.29 is 19.2 Å². The molecule has 6 heteroatoms. The van der Waals surface area contributed by atoms with Gasteiger partial charge in [-0.2, -0.15) is 0 Å². The third-order valence-corrected chi connectivity index (χ3v) is 4.28. The van der Waals surface area contributed by atoms with Crippen molar-refractivity contribution in [3.05, 3.63) is 52.5 Å². The Bertz CT molecular complexity index is 704. The number of ether oxygens (including phenoxy) is 2. The summed E-state index contributed by atoms with van der Waals surface area (Å²) in [6, 6.07) is 13.3. The van der Waals surface area contributed by atoms with E-state index in [1.807, 2.05) is 56.4 Å². The van der Waals surface area contributed by atoms with E-state index in [0.29, 0.717) is 13.2 Å². The Morgan fingerprint density at radius 2 is 1.84 bits per heavy atom. The molecule has 25 heavy (non-hydrogen) atoms. The maximum absolute atomic E-state index is 12.2. The van der Waals surface area contributed by atoms with Gasteiger partial charge in [-0.25, -0.2) is 0 Å². The summed E-state index contributed by atoms with van der Waals surface area (Å²) in [7, 11) is 3.61. The molecule has 2 aromatic carbocycles. The molecule has 2 aromatic rings. The van der Waals surface area contributed by atoms with Crippen LogP contribution in [0.4, 0.5) is 5.69 Å². The molecule has 0 heterocycles. The van der Waals surface area contributed by atoms with E-state index >= 15 is 0 Å². The number of hydrogen-bond donors (Lipinski definition) is 2. The van der Waals surface area contributed by atoms with E-state index in [-0.39, 0.29) is 5.91 Å². The van der Waals surface area contributed by atoms with Crippen LogP contribution in [0.1, 0.15) is 5.56 Å². The molecule has 1 atom stereocenters. The van der Waals surface area contributed by atoms with Crippen molar-refractivity contribution >= 4 is 27.5 Å². The summed E-state index contributed by atoms with van der Waals surface area (Å²) in [4.78, 5) is 13.2. The molecule has 1 unspecified atom stereocenters. The molecule has 0 aliphatic heterocycles. The molecule has 0 bridgehead atoms. The number of rotatable bonds is 8. The Labute approximate surface area is 157 Å². The van der Waals surface area contributed by atoms with Gasteiger partial charge >= 0.3 is 0 Å². The zero-order chi connectivity index (χ0) is 18.2. The van der Waals surface area contributed by atoms with E-state index in [9.17, 15) is 4.79 Å². The number of quaternary nitrogens is 1. The summed E-state index contributed by atoms with van der Waals surface area (Å²) in [5.41, 5.74) is 1.87. The number of amides is 1. The number of likely N-dealkylation sites (N-methyl/N-ethyl adjacent to an activating group) is 1. The first-order valence-electron chi connectivity index (χ1n) is 8.12. The van der Waals surface area contributed by atoms with Gasteiger partial charge in [0.05, 0.1) is 14.2 Å². The summed E-state index contributed by atoms with van der Waals surface area (Å²) >= 11 is 3.42. The predicted octanol–water partition coefficient (Wildman–Crippen LogP) is 2.30. The lowest BCUT2D eigenvalue weighted by Crippen LogP contribution is -3.10. The number of methoxy groups -OCH3 is 1. The van der Waals surface area contributed by atoms with Gasteiger partial charge in [-0.1, -0.05) is 15.9 Å². The predicted molar refractivity (Wildman–Crippen MR) is 103 cm³/mol. The van der Waals surface area contributed by atoms with Crippen LogP contribution in [0, 0.1) is 6.92 Å². The average molecular weight is 408 g/mol. The zero-order valence-corrected chi connectivity index (χ0v) is 16.4. The molecule has 0 saturated carbocycles. The van der Waals surface area contributed by atoms with Crippen LogP contribution in [0.25, 0.3) is 0 Å². The number of hydrogen-bond acceptors (Lipinski definition) is 3. The van der Waals surface area contributed by atoms with Crippen LogP contribution in [0.3, 0.4) is 0 Å². The van der Waals surface area contributed by atoms with Gasteiger partial charge in [0.25, 0.3) is 5.91 Å². The lowest BCUT2D eigenvalue weighted by molar-refractivity contribution is -0.871. The second-order valence-corrected chi connectivity index (χ2v) is 6.83. The van der Waals surface area contributed by atoms with E-state index in [1.54, 1.807) is 7.11 Å². The van der Waals surface area contributed by atoms with E-state index in [0.717, 1.165) is 38.7 Å². The van der Waals surface area contributed by atoms with Crippen LogP contribution in [0.15, 0.2) is 46.9 Å². The van der Waals surface area contributed by atoms with Gasteiger partial charge in [-0.3, -0.25) is 4.79 Å². The summed E-state index contributed by atoms with van der Waals surface area (Å²) in [6.45, 7) is 3.64. The summed E-state index contributed by atoms with van der Waals surface area (Å²) < 4.78 is 11.8. The second-order valence-electron chi connectivity index (χ2n) is 5.92. The molecule has 134 valence electrons. The second kappa shape index (κ2) is 9.44. The minimum absolute atomic E-state index is 0.00706. The fourth-order valence-corrected chi connectivity index (χ4v) is 2.81. The van der Waals surface area contributed by atoms with Crippen LogP contribution in [0.5, 0.6) is 11.5 Å². The largest absolute Gasteiger partial charge is 0.497 e. The quantitative estimate of drug-likeness (QED) is 0.705. The maximum Gasteiger partial charge on any atom is 0.279 e. The zero-order valence-electron chi connectivity index (χ0n) is 14.8. The van der Waals surface area contributed by atoms with Gasteiger partial charge in [-0.15, -0.1) is 0 Å². The van der Waals surface area contributed by atoms with Gasteiger partial charge in [0.15, 0.2) is 6.54 Å². The Morgan fingerprint density at radius 1 is 1.16 bits per heavy atom. The summed E-state index contributed by atoms with van der Waals surface area (Å²) in [5, 5.41) is 2.95. The molecule has 1 amide bonds. The Hall–Kier alpha value is -2.05. The molecule has 0 spiro atoms. The third-order valence-electron chi connectivity index (χ3n) is 3.78. The molecule has 0 aliphatic carbocycles. The topological polar surface area (TPSA) is 52.0 Å². The van der Waals surface area contributed by atoms with Crippen molar-refractivity contribution in [2.24, 2.45) is 0 Å². The van der Waals surface area contributed by atoms with Gasteiger partial charge in [-0.05, 0) is 55.0 Å². The molecule has 5 nitrogen and oxygen atoms in total. The Balaban J connectivity index is 1.73. The molecule has 0 radical (unpaired) electrons. The third kappa shape index (κ3) is 6.40. The minimum Gasteiger partial charge on any atom is -0.497 e.